The summed E-state index contributed by atoms with van der Waals surface area (Å²) in [6, 6.07) is 14.3. The number of nitrogens with one attached hydrogen (secondary N) is 1. The molecule has 0 heterocycles. The van der Waals surface area contributed by atoms with Crippen LogP contribution in [0.3, 0.4) is 0 Å². The van der Waals surface area contributed by atoms with E-state index in [-0.39, 0.29) is 0 Å². The quantitative estimate of drug-likeness (QED) is 0.773. The highest BCUT2D eigenvalue weighted by molar-refractivity contribution is 9.10. The fourth-order valence-electron chi connectivity index (χ4n) is 1.70. The van der Waals surface area contributed by atoms with Gasteiger partial charge in [0, 0.05) is 25.8 Å². The zero-order valence-corrected chi connectivity index (χ0v) is 13.8. The summed E-state index contributed by atoms with van der Waals surface area (Å²) in [5.74, 6) is 0. The number of hydrogen-bond acceptors (Lipinski definition) is 2. The van der Waals surface area contributed by atoms with Gasteiger partial charge in [-0.2, -0.15) is 0 Å². The predicted molar refractivity (Wildman–Crippen MR) is 87.1 cm³/mol. The minimum absolute atomic E-state index is 0.773. The molecule has 0 amide bonds. The largest absolute Gasteiger partial charge is 0.313 e. The number of benzene rings is 2. The van der Waals surface area contributed by atoms with Gasteiger partial charge in [-0.3, -0.25) is 0 Å². The van der Waals surface area contributed by atoms with Crippen molar-refractivity contribution in [3.05, 3.63) is 57.5 Å². The molecule has 100 valence electrons. The molecule has 2 aromatic carbocycles. The third-order valence-corrected chi connectivity index (χ3v) is 4.45. The molecule has 0 fully saturated rings. The lowest BCUT2D eigenvalue weighted by Crippen LogP contribution is -2.12. The summed E-state index contributed by atoms with van der Waals surface area (Å²) in [7, 11) is 0. The fourth-order valence-corrected chi connectivity index (χ4v) is 3.35. The van der Waals surface area contributed by atoms with E-state index in [1.165, 1.54) is 10.5 Å². The molecule has 0 atom stereocenters. The van der Waals surface area contributed by atoms with Crippen molar-refractivity contribution < 1.29 is 0 Å². The molecule has 0 unspecified atom stereocenters. The normalized spacial score (nSPS) is 10.7. The van der Waals surface area contributed by atoms with E-state index in [1.54, 1.807) is 11.8 Å². The van der Waals surface area contributed by atoms with Crippen molar-refractivity contribution >= 4 is 39.3 Å². The third kappa shape index (κ3) is 4.53. The third-order valence-electron chi connectivity index (χ3n) is 2.61. The first kappa shape index (κ1) is 14.9. The molecule has 0 bridgehead atoms. The lowest BCUT2D eigenvalue weighted by Gasteiger charge is -2.10. The van der Waals surface area contributed by atoms with Gasteiger partial charge in [-0.15, -0.1) is 0 Å². The van der Waals surface area contributed by atoms with Crippen LogP contribution in [0.25, 0.3) is 0 Å². The maximum atomic E-state index is 6.03. The van der Waals surface area contributed by atoms with Crippen molar-refractivity contribution in [3.8, 4) is 0 Å². The first-order chi connectivity index (χ1) is 9.19. The summed E-state index contributed by atoms with van der Waals surface area (Å²) in [6.07, 6.45) is 0. The van der Waals surface area contributed by atoms with Crippen LogP contribution >= 0.6 is 39.3 Å². The van der Waals surface area contributed by atoms with Crippen LogP contribution in [0.4, 0.5) is 0 Å². The van der Waals surface area contributed by atoms with Crippen molar-refractivity contribution in [1.29, 1.82) is 0 Å². The van der Waals surface area contributed by atoms with Gasteiger partial charge in [0.25, 0.3) is 0 Å². The van der Waals surface area contributed by atoms with E-state index in [1.807, 2.05) is 18.2 Å². The van der Waals surface area contributed by atoms with E-state index in [0.717, 1.165) is 27.5 Å². The Kier molecular flexibility index (Phi) is 5.76. The highest BCUT2D eigenvalue weighted by Crippen LogP contribution is 2.33. The average Bonchev–Trinajstić information content (AvgIpc) is 2.39. The Bertz CT molecular complexity index is 560. The van der Waals surface area contributed by atoms with Gasteiger partial charge in [0.1, 0.15) is 0 Å². The number of halogens is 2. The zero-order chi connectivity index (χ0) is 13.7. The maximum Gasteiger partial charge on any atom is 0.0417 e. The summed E-state index contributed by atoms with van der Waals surface area (Å²) in [5, 5.41) is 4.14. The van der Waals surface area contributed by atoms with E-state index in [0.29, 0.717) is 0 Å². The summed E-state index contributed by atoms with van der Waals surface area (Å²) in [4.78, 5) is 2.42. The van der Waals surface area contributed by atoms with Crippen LogP contribution in [0.1, 0.15) is 12.5 Å². The van der Waals surface area contributed by atoms with E-state index >= 15 is 0 Å². The molecule has 0 radical (unpaired) electrons. The Morgan fingerprint density at radius 3 is 2.79 bits per heavy atom. The van der Waals surface area contributed by atoms with Crippen LogP contribution in [0.15, 0.2) is 56.7 Å². The first-order valence-electron chi connectivity index (χ1n) is 6.11. The van der Waals surface area contributed by atoms with Gasteiger partial charge in [-0.25, -0.2) is 0 Å². The van der Waals surface area contributed by atoms with Crippen LogP contribution in [-0.4, -0.2) is 6.54 Å². The molecule has 0 saturated carbocycles. The van der Waals surface area contributed by atoms with E-state index < -0.39 is 0 Å². The predicted octanol–water partition coefficient (Wildman–Crippen LogP) is 5.36. The zero-order valence-electron chi connectivity index (χ0n) is 10.6. The van der Waals surface area contributed by atoms with Crippen LogP contribution in [-0.2, 0) is 6.54 Å². The van der Waals surface area contributed by atoms with Crippen molar-refractivity contribution in [2.75, 3.05) is 6.54 Å². The number of hydrogen-bond donors (Lipinski definition) is 1. The Morgan fingerprint density at radius 2 is 2.05 bits per heavy atom. The molecule has 19 heavy (non-hydrogen) atoms. The summed E-state index contributed by atoms with van der Waals surface area (Å²) < 4.78 is 1.11. The molecule has 0 aliphatic carbocycles. The summed E-state index contributed by atoms with van der Waals surface area (Å²) in [5.41, 5.74) is 1.29. The summed E-state index contributed by atoms with van der Waals surface area (Å²) >= 11 is 11.3. The molecule has 0 saturated heterocycles. The molecule has 2 aromatic rings. The van der Waals surface area contributed by atoms with Gasteiger partial charge in [0.15, 0.2) is 0 Å². The second kappa shape index (κ2) is 7.34. The van der Waals surface area contributed by atoms with Gasteiger partial charge >= 0.3 is 0 Å². The maximum absolute atomic E-state index is 6.03. The minimum Gasteiger partial charge on any atom is -0.313 e. The molecule has 4 heteroatoms. The van der Waals surface area contributed by atoms with E-state index in [2.05, 4.69) is 52.4 Å². The van der Waals surface area contributed by atoms with Gasteiger partial charge in [0.2, 0.25) is 0 Å². The summed E-state index contributed by atoms with van der Waals surface area (Å²) in [6.45, 7) is 3.95. The molecule has 0 aromatic heterocycles. The van der Waals surface area contributed by atoms with Crippen molar-refractivity contribution in [2.24, 2.45) is 0 Å². The molecule has 0 spiro atoms. The van der Waals surface area contributed by atoms with Gasteiger partial charge in [0.05, 0.1) is 0 Å². The molecular weight excluding hydrogens is 342 g/mol. The second-order valence-electron chi connectivity index (χ2n) is 4.09. The van der Waals surface area contributed by atoms with Crippen molar-refractivity contribution in [3.63, 3.8) is 0 Å². The van der Waals surface area contributed by atoms with E-state index in [4.69, 9.17) is 11.6 Å². The van der Waals surface area contributed by atoms with Crippen LogP contribution in [0.5, 0.6) is 0 Å². The second-order valence-corrected chi connectivity index (χ2v) is 6.56. The smallest absolute Gasteiger partial charge is 0.0417 e. The Hall–Kier alpha value is -0.480. The standard InChI is InChI=1S/C15H15BrClNS/c1-2-18-10-11-8-12(16)6-7-15(11)19-14-5-3-4-13(17)9-14/h3-9,18H,2,10H2,1H3. The Morgan fingerprint density at radius 1 is 1.21 bits per heavy atom. The van der Waals surface area contributed by atoms with Crippen LogP contribution < -0.4 is 5.32 Å². The van der Waals surface area contributed by atoms with Gasteiger partial charge < -0.3 is 5.32 Å². The molecular formula is C15H15BrClNS. The highest BCUT2D eigenvalue weighted by atomic mass is 79.9. The topological polar surface area (TPSA) is 12.0 Å². The van der Waals surface area contributed by atoms with Gasteiger partial charge in [-0.05, 0) is 48.5 Å². The Balaban J connectivity index is 2.23. The van der Waals surface area contributed by atoms with Crippen molar-refractivity contribution in [1.82, 2.24) is 5.32 Å². The van der Waals surface area contributed by atoms with Gasteiger partial charge in [-0.1, -0.05) is 52.3 Å². The average molecular weight is 357 g/mol. The molecule has 1 N–H and O–H groups in total. The van der Waals surface area contributed by atoms with E-state index in [9.17, 15) is 0 Å². The SMILES string of the molecule is CCNCc1cc(Br)ccc1Sc1cccc(Cl)c1. The van der Waals surface area contributed by atoms with Crippen molar-refractivity contribution in [2.45, 2.75) is 23.3 Å². The molecule has 0 aliphatic rings. The molecule has 0 aliphatic heterocycles. The Labute approximate surface area is 131 Å². The lowest BCUT2D eigenvalue weighted by atomic mass is 10.2. The molecule has 2 rings (SSSR count). The fraction of sp³-hybridized carbons (Fsp3) is 0.200. The minimum atomic E-state index is 0.773. The highest BCUT2D eigenvalue weighted by Gasteiger charge is 2.05. The lowest BCUT2D eigenvalue weighted by molar-refractivity contribution is 0.717. The number of rotatable bonds is 5. The van der Waals surface area contributed by atoms with Crippen LogP contribution in [0, 0.1) is 0 Å². The monoisotopic (exact) mass is 355 g/mol. The molecule has 1 nitrogen and oxygen atoms in total. The van der Waals surface area contributed by atoms with Crippen LogP contribution in [0.2, 0.25) is 5.02 Å². The first-order valence-corrected chi connectivity index (χ1v) is 8.10.